The SMILES string of the molecule is Cc1nc(C)c(C(=O)N2CCC[C@@H]2c2cncc(Oc3cccnc3C)n2)o1. The maximum Gasteiger partial charge on any atom is 0.292 e. The summed E-state index contributed by atoms with van der Waals surface area (Å²) in [6.07, 6.45) is 6.64. The van der Waals surface area contributed by atoms with Gasteiger partial charge in [-0.2, -0.15) is 0 Å². The van der Waals surface area contributed by atoms with Gasteiger partial charge in [-0.3, -0.25) is 14.8 Å². The van der Waals surface area contributed by atoms with Gasteiger partial charge < -0.3 is 14.1 Å². The topological polar surface area (TPSA) is 94.2 Å². The molecule has 0 bridgehead atoms. The Hall–Kier alpha value is -3.29. The number of carbonyl (C=O) groups excluding carboxylic acids is 1. The lowest BCUT2D eigenvalue weighted by Crippen LogP contribution is -2.31. The molecule has 0 unspecified atom stereocenters. The second-order valence-electron chi connectivity index (χ2n) is 6.78. The molecule has 0 aliphatic carbocycles. The molecule has 1 amide bonds. The van der Waals surface area contributed by atoms with Gasteiger partial charge >= 0.3 is 0 Å². The van der Waals surface area contributed by atoms with Gasteiger partial charge in [0.1, 0.15) is 0 Å². The Bertz CT molecular complexity index is 1020. The summed E-state index contributed by atoms with van der Waals surface area (Å²) in [6, 6.07) is 3.46. The van der Waals surface area contributed by atoms with E-state index in [0.717, 1.165) is 18.5 Å². The van der Waals surface area contributed by atoms with Gasteiger partial charge in [-0.15, -0.1) is 0 Å². The van der Waals surface area contributed by atoms with Crippen molar-refractivity contribution < 1.29 is 13.9 Å². The van der Waals surface area contributed by atoms with Crippen LogP contribution >= 0.6 is 0 Å². The van der Waals surface area contributed by atoms with E-state index in [2.05, 4.69) is 19.9 Å². The van der Waals surface area contributed by atoms with Crippen molar-refractivity contribution >= 4 is 5.91 Å². The predicted octanol–water partition coefficient (Wildman–Crippen LogP) is 3.55. The van der Waals surface area contributed by atoms with Crippen molar-refractivity contribution in [3.05, 3.63) is 59.5 Å². The molecule has 1 atom stereocenters. The second-order valence-corrected chi connectivity index (χ2v) is 6.78. The van der Waals surface area contributed by atoms with E-state index in [-0.39, 0.29) is 17.7 Å². The summed E-state index contributed by atoms with van der Waals surface area (Å²) in [7, 11) is 0. The number of pyridine rings is 1. The number of aromatic nitrogens is 4. The van der Waals surface area contributed by atoms with Crippen LogP contribution in [0.4, 0.5) is 0 Å². The number of ether oxygens (including phenoxy) is 1. The van der Waals surface area contributed by atoms with Gasteiger partial charge in [-0.25, -0.2) is 9.97 Å². The van der Waals surface area contributed by atoms with Gasteiger partial charge in [0, 0.05) is 19.7 Å². The summed E-state index contributed by atoms with van der Waals surface area (Å²) in [5.74, 6) is 1.60. The summed E-state index contributed by atoms with van der Waals surface area (Å²) in [4.78, 5) is 32.0. The quantitative estimate of drug-likeness (QED) is 0.684. The van der Waals surface area contributed by atoms with E-state index in [1.54, 1.807) is 43.4 Å². The average Bonchev–Trinajstić information content (AvgIpc) is 3.30. The Morgan fingerprint density at radius 1 is 1.21 bits per heavy atom. The molecule has 0 aromatic carbocycles. The van der Waals surface area contributed by atoms with Crippen molar-refractivity contribution in [2.75, 3.05) is 6.54 Å². The van der Waals surface area contributed by atoms with Gasteiger partial charge in [0.25, 0.3) is 5.91 Å². The molecule has 8 nitrogen and oxygen atoms in total. The molecular formula is C20H21N5O3. The molecule has 1 fully saturated rings. The second kappa shape index (κ2) is 7.38. The molecule has 8 heteroatoms. The van der Waals surface area contributed by atoms with Crippen molar-refractivity contribution in [3.63, 3.8) is 0 Å². The summed E-state index contributed by atoms with van der Waals surface area (Å²) in [5.41, 5.74) is 2.06. The number of rotatable bonds is 4. The molecule has 144 valence electrons. The normalized spacial score (nSPS) is 16.4. The molecule has 1 saturated heterocycles. The van der Waals surface area contributed by atoms with Crippen LogP contribution < -0.4 is 4.74 Å². The number of aryl methyl sites for hydroxylation is 3. The highest BCUT2D eigenvalue weighted by Gasteiger charge is 2.34. The van der Waals surface area contributed by atoms with Gasteiger partial charge in [0.2, 0.25) is 11.6 Å². The van der Waals surface area contributed by atoms with E-state index in [1.807, 2.05) is 13.0 Å². The maximum atomic E-state index is 13.0. The van der Waals surface area contributed by atoms with Gasteiger partial charge in [-0.1, -0.05) is 0 Å². The van der Waals surface area contributed by atoms with Crippen LogP contribution in [0.1, 0.15) is 52.4 Å². The number of oxazole rings is 1. The number of nitrogens with zero attached hydrogens (tertiary/aromatic N) is 5. The van der Waals surface area contributed by atoms with Crippen molar-refractivity contribution in [2.45, 2.75) is 39.7 Å². The van der Waals surface area contributed by atoms with Crippen molar-refractivity contribution in [1.82, 2.24) is 24.8 Å². The predicted molar refractivity (Wildman–Crippen MR) is 100 cm³/mol. The molecule has 3 aromatic heterocycles. The fraction of sp³-hybridized carbons (Fsp3) is 0.350. The third kappa shape index (κ3) is 3.45. The Balaban J connectivity index is 1.59. The van der Waals surface area contributed by atoms with E-state index in [0.29, 0.717) is 35.5 Å². The number of carbonyl (C=O) groups is 1. The molecule has 28 heavy (non-hydrogen) atoms. The Morgan fingerprint density at radius 2 is 2.07 bits per heavy atom. The van der Waals surface area contributed by atoms with E-state index in [1.165, 1.54) is 0 Å². The molecule has 3 aromatic rings. The smallest absolute Gasteiger partial charge is 0.292 e. The lowest BCUT2D eigenvalue weighted by molar-refractivity contribution is 0.0697. The minimum Gasteiger partial charge on any atom is -0.436 e. The molecule has 0 spiro atoms. The third-order valence-corrected chi connectivity index (χ3v) is 4.76. The Labute approximate surface area is 162 Å². The monoisotopic (exact) mass is 379 g/mol. The molecule has 0 radical (unpaired) electrons. The first kappa shape index (κ1) is 18.1. The number of hydrogen-bond acceptors (Lipinski definition) is 7. The van der Waals surface area contributed by atoms with Crippen LogP contribution in [0.15, 0.2) is 35.1 Å². The molecule has 1 aliphatic heterocycles. The highest BCUT2D eigenvalue weighted by atomic mass is 16.5. The maximum absolute atomic E-state index is 13.0. The first-order chi connectivity index (χ1) is 13.5. The zero-order chi connectivity index (χ0) is 19.7. The minimum absolute atomic E-state index is 0.170. The molecule has 0 saturated carbocycles. The van der Waals surface area contributed by atoms with Crippen LogP contribution in [0, 0.1) is 20.8 Å². The summed E-state index contributed by atoms with van der Waals surface area (Å²) in [5, 5.41) is 0. The zero-order valence-electron chi connectivity index (χ0n) is 16.0. The molecule has 4 rings (SSSR count). The van der Waals surface area contributed by atoms with Crippen LogP contribution in [0.25, 0.3) is 0 Å². The molecule has 0 N–H and O–H groups in total. The number of hydrogen-bond donors (Lipinski definition) is 0. The molecule has 4 heterocycles. The van der Waals surface area contributed by atoms with Gasteiger partial charge in [-0.05, 0) is 38.8 Å². The highest BCUT2D eigenvalue weighted by molar-refractivity contribution is 5.93. The molecule has 1 aliphatic rings. The minimum atomic E-state index is -0.177. The third-order valence-electron chi connectivity index (χ3n) is 4.76. The van der Waals surface area contributed by atoms with E-state index >= 15 is 0 Å². The van der Waals surface area contributed by atoms with Crippen molar-refractivity contribution in [1.29, 1.82) is 0 Å². The molecular weight excluding hydrogens is 358 g/mol. The van der Waals surface area contributed by atoms with Crippen LogP contribution in [0.3, 0.4) is 0 Å². The van der Waals surface area contributed by atoms with Crippen LogP contribution in [-0.2, 0) is 0 Å². The summed E-state index contributed by atoms with van der Waals surface area (Å²) in [6.45, 7) is 6.01. The van der Waals surface area contributed by atoms with E-state index in [9.17, 15) is 4.79 Å². The van der Waals surface area contributed by atoms with Crippen LogP contribution in [0.5, 0.6) is 11.6 Å². The fourth-order valence-electron chi connectivity index (χ4n) is 3.44. The lowest BCUT2D eigenvalue weighted by atomic mass is 10.1. The lowest BCUT2D eigenvalue weighted by Gasteiger charge is -2.23. The highest BCUT2D eigenvalue weighted by Crippen LogP contribution is 2.33. The first-order valence-electron chi connectivity index (χ1n) is 9.19. The largest absolute Gasteiger partial charge is 0.436 e. The van der Waals surface area contributed by atoms with Crippen molar-refractivity contribution in [3.8, 4) is 11.6 Å². The average molecular weight is 379 g/mol. The zero-order valence-corrected chi connectivity index (χ0v) is 16.0. The van der Waals surface area contributed by atoms with E-state index in [4.69, 9.17) is 9.15 Å². The van der Waals surface area contributed by atoms with E-state index < -0.39 is 0 Å². The summed E-state index contributed by atoms with van der Waals surface area (Å²) >= 11 is 0. The van der Waals surface area contributed by atoms with Gasteiger partial charge in [0.15, 0.2) is 11.6 Å². The Kier molecular flexibility index (Phi) is 4.77. The van der Waals surface area contributed by atoms with Crippen molar-refractivity contribution in [2.24, 2.45) is 0 Å². The standard InChI is InChI=1S/C20H21N5O3/c1-12-17(7-4-8-22-12)28-18-11-21-10-15(24-18)16-6-5-9-25(16)20(26)19-13(2)23-14(3)27-19/h4,7-8,10-11,16H,5-6,9H2,1-3H3/t16-/m1/s1. The number of likely N-dealkylation sites (tertiary alicyclic amines) is 1. The first-order valence-corrected chi connectivity index (χ1v) is 9.19. The Morgan fingerprint density at radius 3 is 2.82 bits per heavy atom. The fourth-order valence-corrected chi connectivity index (χ4v) is 3.44. The van der Waals surface area contributed by atoms with Gasteiger partial charge in [0.05, 0.1) is 35.5 Å². The number of amides is 1. The van der Waals surface area contributed by atoms with Crippen LogP contribution in [-0.4, -0.2) is 37.3 Å². The van der Waals surface area contributed by atoms with Crippen LogP contribution in [0.2, 0.25) is 0 Å². The summed E-state index contributed by atoms with van der Waals surface area (Å²) < 4.78 is 11.4.